The number of carbonyl (C=O) groups is 1. The predicted octanol–water partition coefficient (Wildman–Crippen LogP) is 0.712. The Bertz CT molecular complexity index is 721. The number of primary sulfonamides is 1. The minimum Gasteiger partial charge on any atom is -0.308 e. The summed E-state index contributed by atoms with van der Waals surface area (Å²) in [6.45, 7) is 0. The number of aromatic nitrogens is 2. The molecule has 1 aromatic carbocycles. The quantitative estimate of drug-likeness (QED) is 0.772. The molecule has 0 atom stereocenters. The topological polar surface area (TPSA) is 119 Å². The van der Waals surface area contributed by atoms with Crippen LogP contribution in [-0.2, 0) is 17.1 Å². The first-order valence-corrected chi connectivity index (χ1v) is 7.09. The van der Waals surface area contributed by atoms with Crippen LogP contribution in [0.25, 0.3) is 0 Å². The summed E-state index contributed by atoms with van der Waals surface area (Å²) >= 11 is 0. The van der Waals surface area contributed by atoms with Gasteiger partial charge >= 0.3 is 6.03 Å². The number of nitrogens with zero attached hydrogens (tertiary/aromatic N) is 2. The zero-order valence-electron chi connectivity index (χ0n) is 10.6. The highest BCUT2D eigenvalue weighted by Gasteiger charge is 2.08. The molecule has 0 aliphatic carbocycles. The molecule has 106 valence electrons. The van der Waals surface area contributed by atoms with Gasteiger partial charge in [-0.3, -0.25) is 4.68 Å². The molecule has 0 aliphatic heterocycles. The van der Waals surface area contributed by atoms with Gasteiger partial charge in [-0.05, 0) is 24.3 Å². The van der Waals surface area contributed by atoms with Crippen molar-refractivity contribution in [1.82, 2.24) is 9.78 Å². The normalized spacial score (nSPS) is 11.1. The van der Waals surface area contributed by atoms with Crippen LogP contribution in [0.3, 0.4) is 0 Å². The van der Waals surface area contributed by atoms with Gasteiger partial charge in [0.05, 0.1) is 16.8 Å². The highest BCUT2D eigenvalue weighted by Crippen LogP contribution is 2.13. The van der Waals surface area contributed by atoms with E-state index in [0.29, 0.717) is 11.4 Å². The number of rotatable bonds is 3. The fraction of sp³-hybridized carbons (Fsp3) is 0.0909. The van der Waals surface area contributed by atoms with Gasteiger partial charge < -0.3 is 10.6 Å². The number of hydrogen-bond donors (Lipinski definition) is 3. The lowest BCUT2D eigenvalue weighted by Gasteiger charge is -2.06. The molecule has 0 aliphatic rings. The van der Waals surface area contributed by atoms with E-state index in [1.807, 2.05) is 0 Å². The molecular weight excluding hydrogens is 282 g/mol. The van der Waals surface area contributed by atoms with Gasteiger partial charge in [-0.2, -0.15) is 5.10 Å². The minimum absolute atomic E-state index is 0.0179. The monoisotopic (exact) mass is 295 g/mol. The summed E-state index contributed by atoms with van der Waals surface area (Å²) in [4.78, 5) is 11.7. The van der Waals surface area contributed by atoms with Crippen LogP contribution < -0.4 is 15.8 Å². The zero-order valence-corrected chi connectivity index (χ0v) is 11.4. The van der Waals surface area contributed by atoms with Crippen molar-refractivity contribution in [2.45, 2.75) is 4.90 Å². The third-order valence-electron chi connectivity index (χ3n) is 2.40. The van der Waals surface area contributed by atoms with Gasteiger partial charge in [-0.15, -0.1) is 0 Å². The number of benzene rings is 1. The third-order valence-corrected chi connectivity index (χ3v) is 3.33. The second kappa shape index (κ2) is 5.31. The van der Waals surface area contributed by atoms with E-state index in [-0.39, 0.29) is 4.90 Å². The molecule has 0 spiro atoms. The summed E-state index contributed by atoms with van der Waals surface area (Å²) in [6, 6.07) is 5.07. The number of carbonyl (C=O) groups excluding carboxylic acids is 1. The Morgan fingerprint density at radius 3 is 2.30 bits per heavy atom. The van der Waals surface area contributed by atoms with Gasteiger partial charge in [0, 0.05) is 18.9 Å². The highest BCUT2D eigenvalue weighted by molar-refractivity contribution is 7.89. The number of urea groups is 1. The molecule has 2 aromatic rings. The first-order chi connectivity index (χ1) is 9.34. The van der Waals surface area contributed by atoms with Crippen molar-refractivity contribution < 1.29 is 13.2 Å². The SMILES string of the molecule is Cn1cc(NC(=O)Nc2ccc(S(N)(=O)=O)cc2)cn1. The summed E-state index contributed by atoms with van der Waals surface area (Å²) in [6.07, 6.45) is 3.15. The van der Waals surface area contributed by atoms with Crippen LogP contribution in [0.2, 0.25) is 0 Å². The Labute approximate surface area is 115 Å². The molecule has 2 amide bonds. The molecule has 20 heavy (non-hydrogen) atoms. The predicted molar refractivity (Wildman–Crippen MR) is 73.7 cm³/mol. The van der Waals surface area contributed by atoms with E-state index in [0.717, 1.165) is 0 Å². The summed E-state index contributed by atoms with van der Waals surface area (Å²) in [5.41, 5.74) is 0.991. The largest absolute Gasteiger partial charge is 0.323 e. The molecule has 0 unspecified atom stereocenters. The van der Waals surface area contributed by atoms with Crippen LogP contribution in [-0.4, -0.2) is 24.2 Å². The Morgan fingerprint density at radius 1 is 1.20 bits per heavy atom. The van der Waals surface area contributed by atoms with Gasteiger partial charge in [0.1, 0.15) is 0 Å². The van der Waals surface area contributed by atoms with Gasteiger partial charge in [0.2, 0.25) is 10.0 Å². The van der Waals surface area contributed by atoms with Gasteiger partial charge in [-0.1, -0.05) is 0 Å². The number of hydrogen-bond acceptors (Lipinski definition) is 4. The Kier molecular flexibility index (Phi) is 3.72. The van der Waals surface area contributed by atoms with E-state index >= 15 is 0 Å². The summed E-state index contributed by atoms with van der Waals surface area (Å²) in [5, 5.41) is 14.0. The van der Waals surface area contributed by atoms with Gasteiger partial charge in [0.15, 0.2) is 0 Å². The average Bonchev–Trinajstić information content (AvgIpc) is 2.74. The average molecular weight is 295 g/mol. The maximum atomic E-state index is 11.7. The van der Waals surface area contributed by atoms with Crippen molar-refractivity contribution in [3.63, 3.8) is 0 Å². The molecule has 0 fully saturated rings. The summed E-state index contributed by atoms with van der Waals surface area (Å²) in [7, 11) is -2.00. The molecule has 0 saturated carbocycles. The lowest BCUT2D eigenvalue weighted by atomic mass is 10.3. The van der Waals surface area contributed by atoms with Crippen molar-refractivity contribution in [3.8, 4) is 0 Å². The third kappa shape index (κ3) is 3.56. The fourth-order valence-corrected chi connectivity index (χ4v) is 2.02. The van der Waals surface area contributed by atoms with Crippen molar-refractivity contribution in [2.24, 2.45) is 12.2 Å². The number of nitrogens with two attached hydrogens (primary N) is 1. The second-order valence-corrected chi connectivity index (χ2v) is 5.61. The first-order valence-electron chi connectivity index (χ1n) is 5.54. The van der Waals surface area contributed by atoms with Crippen LogP contribution in [0.15, 0.2) is 41.6 Å². The molecule has 8 nitrogen and oxygen atoms in total. The zero-order chi connectivity index (χ0) is 14.8. The maximum absolute atomic E-state index is 11.7. The van der Waals surface area contributed by atoms with Crippen molar-refractivity contribution in [1.29, 1.82) is 0 Å². The summed E-state index contributed by atoms with van der Waals surface area (Å²) in [5.74, 6) is 0. The Balaban J connectivity index is 2.01. The second-order valence-electron chi connectivity index (χ2n) is 4.05. The summed E-state index contributed by atoms with van der Waals surface area (Å²) < 4.78 is 23.7. The van der Waals surface area contributed by atoms with Crippen molar-refractivity contribution in [2.75, 3.05) is 10.6 Å². The number of nitrogens with one attached hydrogen (secondary N) is 2. The van der Waals surface area contributed by atoms with E-state index < -0.39 is 16.1 Å². The molecule has 0 radical (unpaired) electrons. The molecule has 1 aromatic heterocycles. The smallest absolute Gasteiger partial charge is 0.308 e. The standard InChI is InChI=1S/C11H13N5O3S/c1-16-7-9(6-13-16)15-11(17)14-8-2-4-10(5-3-8)20(12,18)19/h2-7H,1H3,(H2,12,18,19)(H2,14,15,17). The van der Waals surface area contributed by atoms with Crippen LogP contribution in [0, 0.1) is 0 Å². The van der Waals surface area contributed by atoms with E-state index in [1.165, 1.54) is 30.5 Å². The van der Waals surface area contributed by atoms with E-state index in [4.69, 9.17) is 5.14 Å². The van der Waals surface area contributed by atoms with E-state index in [9.17, 15) is 13.2 Å². The van der Waals surface area contributed by atoms with Gasteiger partial charge in [0.25, 0.3) is 0 Å². The van der Waals surface area contributed by atoms with E-state index in [2.05, 4.69) is 15.7 Å². The number of sulfonamides is 1. The highest BCUT2D eigenvalue weighted by atomic mass is 32.2. The first kappa shape index (κ1) is 14.0. The van der Waals surface area contributed by atoms with Crippen LogP contribution in [0.1, 0.15) is 0 Å². The Morgan fingerprint density at radius 2 is 1.80 bits per heavy atom. The number of anilines is 2. The molecule has 0 bridgehead atoms. The molecule has 0 saturated heterocycles. The van der Waals surface area contributed by atoms with Crippen LogP contribution >= 0.6 is 0 Å². The van der Waals surface area contributed by atoms with Crippen molar-refractivity contribution >= 4 is 27.4 Å². The van der Waals surface area contributed by atoms with Gasteiger partial charge in [-0.25, -0.2) is 18.4 Å². The molecule has 2 rings (SSSR count). The van der Waals surface area contributed by atoms with Crippen molar-refractivity contribution in [3.05, 3.63) is 36.7 Å². The maximum Gasteiger partial charge on any atom is 0.323 e. The number of amides is 2. The molecule has 9 heteroatoms. The van der Waals surface area contributed by atoms with Crippen LogP contribution in [0.5, 0.6) is 0 Å². The fourth-order valence-electron chi connectivity index (χ4n) is 1.51. The lowest BCUT2D eigenvalue weighted by molar-refractivity contribution is 0.262. The van der Waals surface area contributed by atoms with Crippen LogP contribution in [0.4, 0.5) is 16.2 Å². The Hall–Kier alpha value is -2.39. The molecule has 1 heterocycles. The molecule has 4 N–H and O–H groups in total. The molecular formula is C11H13N5O3S. The lowest BCUT2D eigenvalue weighted by Crippen LogP contribution is -2.19. The minimum atomic E-state index is -3.73. The number of aryl methyl sites for hydroxylation is 1. The van der Waals surface area contributed by atoms with E-state index in [1.54, 1.807) is 17.9 Å².